The molecule has 2 rings (SSSR count). The van der Waals surface area contributed by atoms with Crippen LogP contribution in [0.5, 0.6) is 5.75 Å². The fraction of sp³-hybridized carbons (Fsp3) is 0.312. The second kappa shape index (κ2) is 6.95. The fourth-order valence-corrected chi connectivity index (χ4v) is 1.86. The molecule has 0 saturated heterocycles. The third kappa shape index (κ3) is 4.09. The summed E-state index contributed by atoms with van der Waals surface area (Å²) in [4.78, 5) is 24.0. The molecule has 2 amide bonds. The van der Waals surface area contributed by atoms with Gasteiger partial charge in [0.2, 0.25) is 5.91 Å². The van der Waals surface area contributed by atoms with E-state index >= 15 is 0 Å². The minimum Gasteiger partial charge on any atom is -0.497 e. The highest BCUT2D eigenvalue weighted by atomic mass is 16.5. The van der Waals surface area contributed by atoms with Gasteiger partial charge in [-0.3, -0.25) is 14.3 Å². The molecule has 0 saturated carbocycles. The van der Waals surface area contributed by atoms with E-state index in [1.807, 2.05) is 0 Å². The number of hydrogen-bond acceptors (Lipinski definition) is 4. The highest BCUT2D eigenvalue weighted by Crippen LogP contribution is 2.18. The van der Waals surface area contributed by atoms with Crippen LogP contribution in [0.15, 0.2) is 30.3 Å². The average Bonchev–Trinajstić information content (AvgIpc) is 2.88. The Kier molecular flexibility index (Phi) is 5.00. The molecule has 2 N–H and O–H groups in total. The first-order chi connectivity index (χ1) is 10.9. The van der Waals surface area contributed by atoms with E-state index in [4.69, 9.17) is 4.74 Å². The second-order valence-corrected chi connectivity index (χ2v) is 5.37. The van der Waals surface area contributed by atoms with Crippen molar-refractivity contribution >= 4 is 23.3 Å². The molecule has 0 fully saturated rings. The summed E-state index contributed by atoms with van der Waals surface area (Å²) in [6.07, 6.45) is 0. The summed E-state index contributed by atoms with van der Waals surface area (Å²) < 4.78 is 6.57. The summed E-state index contributed by atoms with van der Waals surface area (Å²) in [5, 5.41) is 9.59. The van der Waals surface area contributed by atoms with E-state index in [1.54, 1.807) is 52.3 Å². The number of aromatic nitrogens is 2. The van der Waals surface area contributed by atoms with Crippen molar-refractivity contribution in [1.29, 1.82) is 0 Å². The molecule has 7 nitrogen and oxygen atoms in total. The number of carbonyl (C=O) groups is 2. The minimum absolute atomic E-state index is 0.132. The van der Waals surface area contributed by atoms with Gasteiger partial charge >= 0.3 is 0 Å². The normalized spacial score (nSPS) is 10.5. The lowest BCUT2D eigenvalue weighted by Gasteiger charge is -2.06. The Morgan fingerprint density at radius 3 is 2.61 bits per heavy atom. The van der Waals surface area contributed by atoms with E-state index < -0.39 is 0 Å². The Hall–Kier alpha value is -2.83. The first-order valence-corrected chi connectivity index (χ1v) is 7.21. The third-order valence-electron chi connectivity index (χ3n) is 3.22. The van der Waals surface area contributed by atoms with Crippen LogP contribution in [-0.4, -0.2) is 28.7 Å². The van der Waals surface area contributed by atoms with E-state index in [9.17, 15) is 9.59 Å². The van der Waals surface area contributed by atoms with Gasteiger partial charge in [0.15, 0.2) is 5.69 Å². The number of anilines is 2. The van der Waals surface area contributed by atoms with Gasteiger partial charge in [-0.25, -0.2) is 0 Å². The van der Waals surface area contributed by atoms with E-state index in [0.717, 1.165) is 0 Å². The van der Waals surface area contributed by atoms with E-state index in [-0.39, 0.29) is 23.4 Å². The number of amides is 2. The van der Waals surface area contributed by atoms with Gasteiger partial charge in [-0.15, -0.1) is 0 Å². The summed E-state index contributed by atoms with van der Waals surface area (Å²) in [5.74, 6) is 0.471. The molecule has 23 heavy (non-hydrogen) atoms. The van der Waals surface area contributed by atoms with Crippen LogP contribution in [0.3, 0.4) is 0 Å². The number of aryl methyl sites for hydroxylation is 1. The van der Waals surface area contributed by atoms with Crippen LogP contribution in [0.1, 0.15) is 24.3 Å². The molecule has 122 valence electrons. The molecule has 2 aromatic rings. The van der Waals surface area contributed by atoms with Crippen molar-refractivity contribution in [3.63, 3.8) is 0 Å². The fourth-order valence-electron chi connectivity index (χ4n) is 1.86. The van der Waals surface area contributed by atoms with Crippen molar-refractivity contribution in [2.24, 2.45) is 13.0 Å². The lowest BCUT2D eigenvalue weighted by atomic mass is 10.2. The molecule has 0 bridgehead atoms. The largest absolute Gasteiger partial charge is 0.497 e. The van der Waals surface area contributed by atoms with Crippen LogP contribution in [0, 0.1) is 5.92 Å². The zero-order chi connectivity index (χ0) is 17.0. The highest BCUT2D eigenvalue weighted by molar-refractivity contribution is 6.04. The molecule has 0 aliphatic heterocycles. The average molecular weight is 316 g/mol. The number of rotatable bonds is 5. The zero-order valence-corrected chi connectivity index (χ0v) is 13.6. The second-order valence-electron chi connectivity index (χ2n) is 5.37. The minimum atomic E-state index is -0.362. The van der Waals surface area contributed by atoms with Gasteiger partial charge in [0.1, 0.15) is 11.6 Å². The summed E-state index contributed by atoms with van der Waals surface area (Å²) in [6, 6.07) is 8.57. The van der Waals surface area contributed by atoms with Crippen molar-refractivity contribution in [2.75, 3.05) is 17.7 Å². The number of carbonyl (C=O) groups excluding carboxylic acids is 2. The molecule has 0 aliphatic rings. The Bertz CT molecular complexity index is 722. The van der Waals surface area contributed by atoms with E-state index in [1.165, 1.54) is 10.7 Å². The summed E-state index contributed by atoms with van der Waals surface area (Å²) in [6.45, 7) is 3.59. The maximum atomic E-state index is 12.3. The van der Waals surface area contributed by atoms with Crippen LogP contribution < -0.4 is 15.4 Å². The number of methoxy groups -OCH3 is 1. The molecule has 7 heteroatoms. The molecule has 0 spiro atoms. The SMILES string of the molecule is COc1cccc(NC(=O)c2cc(NC(=O)C(C)C)n(C)n2)c1. The molecular formula is C16H20N4O3. The Morgan fingerprint density at radius 1 is 1.22 bits per heavy atom. The van der Waals surface area contributed by atoms with E-state index in [0.29, 0.717) is 17.3 Å². The number of nitrogens with zero attached hydrogens (tertiary/aromatic N) is 2. The van der Waals surface area contributed by atoms with Crippen LogP contribution >= 0.6 is 0 Å². The molecular weight excluding hydrogens is 296 g/mol. The Labute approximate surface area is 134 Å². The maximum Gasteiger partial charge on any atom is 0.276 e. The van der Waals surface area contributed by atoms with Gasteiger partial charge in [0.25, 0.3) is 5.91 Å². The molecule has 1 aromatic heterocycles. The number of nitrogens with one attached hydrogen (secondary N) is 2. The molecule has 0 unspecified atom stereocenters. The predicted octanol–water partition coefficient (Wildman–Crippen LogP) is 2.28. The molecule has 0 radical (unpaired) electrons. The van der Waals surface area contributed by atoms with Crippen molar-refractivity contribution in [3.05, 3.63) is 36.0 Å². The van der Waals surface area contributed by atoms with Gasteiger partial charge in [-0.1, -0.05) is 19.9 Å². The summed E-state index contributed by atoms with van der Waals surface area (Å²) >= 11 is 0. The number of ether oxygens (including phenoxy) is 1. The number of hydrogen-bond donors (Lipinski definition) is 2. The van der Waals surface area contributed by atoms with Crippen molar-refractivity contribution in [2.45, 2.75) is 13.8 Å². The first-order valence-electron chi connectivity index (χ1n) is 7.21. The lowest BCUT2D eigenvalue weighted by Crippen LogP contribution is -2.19. The molecule has 1 aromatic carbocycles. The van der Waals surface area contributed by atoms with Crippen LogP contribution in [-0.2, 0) is 11.8 Å². The smallest absolute Gasteiger partial charge is 0.276 e. The quantitative estimate of drug-likeness (QED) is 0.886. The predicted molar refractivity (Wildman–Crippen MR) is 87.6 cm³/mol. The zero-order valence-electron chi connectivity index (χ0n) is 13.6. The van der Waals surface area contributed by atoms with E-state index in [2.05, 4.69) is 15.7 Å². The van der Waals surface area contributed by atoms with Crippen molar-refractivity contribution in [3.8, 4) is 5.75 Å². The van der Waals surface area contributed by atoms with Gasteiger partial charge in [-0.2, -0.15) is 5.10 Å². The standard InChI is InChI=1S/C16H20N4O3/c1-10(2)15(21)18-14-9-13(19-20(14)3)16(22)17-11-6-5-7-12(8-11)23-4/h5-10H,1-4H3,(H,17,22)(H,18,21). The topological polar surface area (TPSA) is 85.3 Å². The summed E-state index contributed by atoms with van der Waals surface area (Å²) in [5.41, 5.74) is 0.821. The van der Waals surface area contributed by atoms with Gasteiger partial charge < -0.3 is 15.4 Å². The molecule has 0 aliphatic carbocycles. The van der Waals surface area contributed by atoms with Gasteiger partial charge in [0, 0.05) is 30.8 Å². The molecule has 1 heterocycles. The maximum absolute atomic E-state index is 12.3. The van der Waals surface area contributed by atoms with Crippen LogP contribution in [0.2, 0.25) is 0 Å². The van der Waals surface area contributed by atoms with Crippen LogP contribution in [0.25, 0.3) is 0 Å². The number of benzene rings is 1. The van der Waals surface area contributed by atoms with Crippen molar-refractivity contribution in [1.82, 2.24) is 9.78 Å². The third-order valence-corrected chi connectivity index (χ3v) is 3.22. The van der Waals surface area contributed by atoms with Gasteiger partial charge in [-0.05, 0) is 12.1 Å². The van der Waals surface area contributed by atoms with Crippen LogP contribution in [0.4, 0.5) is 11.5 Å². The van der Waals surface area contributed by atoms with Crippen molar-refractivity contribution < 1.29 is 14.3 Å². The Balaban J connectivity index is 2.12. The summed E-state index contributed by atoms with van der Waals surface area (Å²) in [7, 11) is 3.22. The lowest BCUT2D eigenvalue weighted by molar-refractivity contribution is -0.118. The monoisotopic (exact) mass is 316 g/mol. The Morgan fingerprint density at radius 2 is 1.96 bits per heavy atom. The van der Waals surface area contributed by atoms with Gasteiger partial charge in [0.05, 0.1) is 7.11 Å². The highest BCUT2D eigenvalue weighted by Gasteiger charge is 2.16. The molecule has 0 atom stereocenters. The first kappa shape index (κ1) is 16.5.